The molecule has 0 aromatic carbocycles. The lowest BCUT2D eigenvalue weighted by molar-refractivity contribution is -0.388. The maximum Gasteiger partial charge on any atom is 0.406 e. The van der Waals surface area contributed by atoms with Gasteiger partial charge in [-0.05, 0) is 22.7 Å². The third-order valence-corrected chi connectivity index (χ3v) is 3.25. The van der Waals surface area contributed by atoms with Crippen molar-refractivity contribution in [2.45, 2.75) is 25.8 Å². The monoisotopic (exact) mass is 254 g/mol. The van der Waals surface area contributed by atoms with Crippen LogP contribution in [0.15, 0.2) is 0 Å². The fourth-order valence-electron chi connectivity index (χ4n) is 2.30. The number of carbonyl (C=O) groups is 1. The molecule has 1 unspecified atom stereocenters. The predicted octanol–water partition coefficient (Wildman–Crippen LogP) is 0.690. The van der Waals surface area contributed by atoms with E-state index in [4.69, 9.17) is 5.11 Å². The van der Waals surface area contributed by atoms with Crippen LogP contribution in [-0.2, 0) is 11.8 Å². The molecule has 0 bridgehead atoms. The normalized spacial score (nSPS) is 19.2. The Labute approximate surface area is 103 Å². The molecular weight excluding hydrogens is 240 g/mol. The van der Waals surface area contributed by atoms with Crippen molar-refractivity contribution in [3.05, 3.63) is 15.9 Å². The number of rotatable bonds is 3. The molecule has 1 fully saturated rings. The summed E-state index contributed by atoms with van der Waals surface area (Å²) in [4.78, 5) is 27.0. The highest BCUT2D eigenvalue weighted by Crippen LogP contribution is 2.33. The molecule has 98 valence electrons. The first-order chi connectivity index (χ1) is 8.43. The minimum atomic E-state index is -0.958. The van der Waals surface area contributed by atoms with Gasteiger partial charge in [-0.15, -0.1) is 0 Å². The van der Waals surface area contributed by atoms with Crippen LogP contribution in [0.1, 0.15) is 18.7 Å². The predicted molar refractivity (Wildman–Crippen MR) is 62.6 cm³/mol. The van der Waals surface area contributed by atoms with Crippen molar-refractivity contribution < 1.29 is 14.8 Å². The molecule has 0 radical (unpaired) electrons. The lowest BCUT2D eigenvalue weighted by Crippen LogP contribution is -2.37. The Hall–Kier alpha value is -2.12. The zero-order valence-corrected chi connectivity index (χ0v) is 10.2. The van der Waals surface area contributed by atoms with Crippen molar-refractivity contribution in [1.29, 1.82) is 0 Å². The summed E-state index contributed by atoms with van der Waals surface area (Å²) >= 11 is 0. The summed E-state index contributed by atoms with van der Waals surface area (Å²) in [5, 5.41) is 20.1. The number of aryl methyl sites for hydroxylation is 1. The Bertz CT molecular complexity index is 510. The summed E-state index contributed by atoms with van der Waals surface area (Å²) in [5.74, 6) is -0.459. The van der Waals surface area contributed by atoms with Crippen LogP contribution in [-0.4, -0.2) is 38.1 Å². The van der Waals surface area contributed by atoms with E-state index in [0.717, 1.165) is 0 Å². The molecular formula is C10H14N4O4. The average Bonchev–Trinajstić information content (AvgIpc) is 2.85. The number of carboxylic acids is 1. The van der Waals surface area contributed by atoms with Gasteiger partial charge in [0.2, 0.25) is 11.6 Å². The van der Waals surface area contributed by atoms with Gasteiger partial charge in [-0.25, -0.2) is 4.79 Å². The summed E-state index contributed by atoms with van der Waals surface area (Å²) in [6.45, 7) is 2.15. The van der Waals surface area contributed by atoms with Gasteiger partial charge in [-0.1, -0.05) is 0 Å². The molecule has 1 saturated heterocycles. The van der Waals surface area contributed by atoms with Gasteiger partial charge < -0.3 is 20.1 Å². The second kappa shape index (κ2) is 4.28. The van der Waals surface area contributed by atoms with Gasteiger partial charge in [0.25, 0.3) is 0 Å². The van der Waals surface area contributed by atoms with E-state index in [1.54, 1.807) is 23.4 Å². The number of anilines is 1. The third-order valence-electron chi connectivity index (χ3n) is 3.25. The highest BCUT2D eigenvalue weighted by atomic mass is 16.6. The summed E-state index contributed by atoms with van der Waals surface area (Å²) in [7, 11) is 1.65. The molecule has 0 aliphatic carbocycles. The number of nitrogens with zero attached hydrogens (tertiary/aromatic N) is 4. The fraction of sp³-hybridized carbons (Fsp3) is 0.600. The lowest BCUT2D eigenvalue weighted by atomic mass is 10.2. The summed E-state index contributed by atoms with van der Waals surface area (Å²) in [5.41, 5.74) is 0. The van der Waals surface area contributed by atoms with Gasteiger partial charge >= 0.3 is 11.8 Å². The van der Waals surface area contributed by atoms with Crippen LogP contribution in [0.5, 0.6) is 0 Å². The second-order valence-corrected chi connectivity index (χ2v) is 4.31. The van der Waals surface area contributed by atoms with Crippen molar-refractivity contribution in [3.8, 4) is 0 Å². The molecule has 2 heterocycles. The van der Waals surface area contributed by atoms with Crippen molar-refractivity contribution in [3.63, 3.8) is 0 Å². The first kappa shape index (κ1) is 12.3. The molecule has 8 nitrogen and oxygen atoms in total. The highest BCUT2D eigenvalue weighted by Gasteiger charge is 2.38. The van der Waals surface area contributed by atoms with Crippen LogP contribution in [0.3, 0.4) is 0 Å². The van der Waals surface area contributed by atoms with Crippen LogP contribution in [0.2, 0.25) is 0 Å². The van der Waals surface area contributed by atoms with E-state index in [1.807, 2.05) is 0 Å². The number of imidazole rings is 1. The molecule has 2 rings (SSSR count). The number of hydrogen-bond acceptors (Lipinski definition) is 5. The molecule has 0 spiro atoms. The molecule has 1 N–H and O–H groups in total. The smallest absolute Gasteiger partial charge is 0.406 e. The van der Waals surface area contributed by atoms with Crippen LogP contribution in [0.25, 0.3) is 0 Å². The molecule has 1 aliphatic rings. The number of carboxylic acid groups (broad SMARTS) is 1. The van der Waals surface area contributed by atoms with Gasteiger partial charge in [0, 0.05) is 20.5 Å². The Morgan fingerprint density at radius 3 is 2.83 bits per heavy atom. The summed E-state index contributed by atoms with van der Waals surface area (Å²) < 4.78 is 1.57. The number of nitro groups is 1. The van der Waals surface area contributed by atoms with Crippen LogP contribution in [0.4, 0.5) is 11.6 Å². The molecule has 1 aliphatic heterocycles. The fourth-order valence-corrected chi connectivity index (χ4v) is 2.30. The van der Waals surface area contributed by atoms with Crippen LogP contribution < -0.4 is 4.90 Å². The summed E-state index contributed by atoms with van der Waals surface area (Å²) in [6.07, 6.45) is 1.20. The average molecular weight is 254 g/mol. The Balaban J connectivity index is 2.50. The maximum atomic E-state index is 11.1. The molecule has 1 aromatic heterocycles. The van der Waals surface area contributed by atoms with E-state index in [-0.39, 0.29) is 11.6 Å². The first-order valence-electron chi connectivity index (χ1n) is 5.60. The first-order valence-corrected chi connectivity index (χ1v) is 5.60. The SMILES string of the molecule is Cc1nc([N+](=O)[O-])c(N2CCCC2C(=O)O)n1C. The van der Waals surface area contributed by atoms with Crippen molar-refractivity contribution in [2.75, 3.05) is 11.4 Å². The number of hydrogen-bond donors (Lipinski definition) is 1. The minimum absolute atomic E-state index is 0.275. The zero-order chi connectivity index (χ0) is 13.4. The standard InChI is InChI=1S/C10H14N4O4/c1-6-11-8(14(17)18)9(12(6)2)13-5-3-4-7(13)10(15)16/h7H,3-5H2,1-2H3,(H,15,16). The van der Waals surface area contributed by atoms with Crippen LogP contribution >= 0.6 is 0 Å². The highest BCUT2D eigenvalue weighted by molar-refractivity contribution is 5.79. The second-order valence-electron chi connectivity index (χ2n) is 4.31. The third kappa shape index (κ3) is 1.79. The van der Waals surface area contributed by atoms with Gasteiger partial charge in [0.1, 0.15) is 6.04 Å². The maximum absolute atomic E-state index is 11.1. The van der Waals surface area contributed by atoms with E-state index < -0.39 is 16.9 Å². The minimum Gasteiger partial charge on any atom is -0.480 e. The van der Waals surface area contributed by atoms with Crippen molar-refractivity contribution in [1.82, 2.24) is 9.55 Å². The Morgan fingerprint density at radius 2 is 2.28 bits per heavy atom. The molecule has 18 heavy (non-hydrogen) atoms. The van der Waals surface area contributed by atoms with Crippen LogP contribution in [0, 0.1) is 17.0 Å². The van der Waals surface area contributed by atoms with E-state index in [2.05, 4.69) is 4.98 Å². The molecule has 8 heteroatoms. The van der Waals surface area contributed by atoms with Gasteiger partial charge in [0.15, 0.2) is 0 Å². The number of aromatic nitrogens is 2. The van der Waals surface area contributed by atoms with E-state index in [9.17, 15) is 14.9 Å². The van der Waals surface area contributed by atoms with E-state index in [0.29, 0.717) is 25.2 Å². The Kier molecular flexibility index (Phi) is 2.93. The van der Waals surface area contributed by atoms with Gasteiger partial charge in [-0.3, -0.25) is 4.57 Å². The molecule has 0 amide bonds. The van der Waals surface area contributed by atoms with E-state index >= 15 is 0 Å². The Morgan fingerprint density at radius 1 is 1.61 bits per heavy atom. The quantitative estimate of drug-likeness (QED) is 0.629. The topological polar surface area (TPSA) is 102 Å². The lowest BCUT2D eigenvalue weighted by Gasteiger charge is -2.22. The zero-order valence-electron chi connectivity index (χ0n) is 10.2. The number of aliphatic carboxylic acids is 1. The van der Waals surface area contributed by atoms with Crippen molar-refractivity contribution in [2.24, 2.45) is 7.05 Å². The van der Waals surface area contributed by atoms with E-state index in [1.165, 1.54) is 0 Å². The van der Waals surface area contributed by atoms with Gasteiger partial charge in [0.05, 0.1) is 0 Å². The molecule has 1 aromatic rings. The largest absolute Gasteiger partial charge is 0.480 e. The van der Waals surface area contributed by atoms with Crippen molar-refractivity contribution >= 4 is 17.6 Å². The molecule has 0 saturated carbocycles. The van der Waals surface area contributed by atoms with Gasteiger partial charge in [-0.2, -0.15) is 0 Å². The molecule has 1 atom stereocenters. The summed E-state index contributed by atoms with van der Waals surface area (Å²) in [6, 6.07) is -0.710.